The molecular formula is C21H31N3O2. The number of nitrogens with zero attached hydrogens (tertiary/aromatic N) is 1. The summed E-state index contributed by atoms with van der Waals surface area (Å²) < 4.78 is 0. The third-order valence-corrected chi connectivity index (χ3v) is 4.38. The molecule has 5 nitrogen and oxygen atoms in total. The summed E-state index contributed by atoms with van der Waals surface area (Å²) in [5.74, 6) is 0.165. The van der Waals surface area contributed by atoms with E-state index in [0.717, 1.165) is 38.2 Å². The molecule has 2 amide bonds. The highest BCUT2D eigenvalue weighted by Gasteiger charge is 2.27. The van der Waals surface area contributed by atoms with Crippen LogP contribution in [0.2, 0.25) is 0 Å². The quantitative estimate of drug-likeness (QED) is 0.795. The lowest BCUT2D eigenvalue weighted by molar-refractivity contribution is -0.128. The molecule has 1 aromatic rings. The molecule has 1 aliphatic rings. The second kappa shape index (κ2) is 8.99. The fourth-order valence-electron chi connectivity index (χ4n) is 3.17. The largest absolute Gasteiger partial charge is 0.351 e. The average Bonchev–Trinajstić information content (AvgIpc) is 2.54. The number of nitrogens with one attached hydrogen (secondary N) is 2. The van der Waals surface area contributed by atoms with E-state index >= 15 is 0 Å². The number of piperidine rings is 1. The van der Waals surface area contributed by atoms with Crippen molar-refractivity contribution in [3.63, 3.8) is 0 Å². The Labute approximate surface area is 156 Å². The highest BCUT2D eigenvalue weighted by Crippen LogP contribution is 2.21. The molecule has 0 radical (unpaired) electrons. The summed E-state index contributed by atoms with van der Waals surface area (Å²) >= 11 is 0. The van der Waals surface area contributed by atoms with Crippen molar-refractivity contribution in [3.8, 4) is 0 Å². The molecule has 0 aliphatic carbocycles. The van der Waals surface area contributed by atoms with E-state index < -0.39 is 0 Å². The Morgan fingerprint density at radius 2 is 1.92 bits per heavy atom. The first-order valence-corrected chi connectivity index (χ1v) is 9.34. The van der Waals surface area contributed by atoms with Gasteiger partial charge in [-0.05, 0) is 77.4 Å². The molecule has 1 fully saturated rings. The van der Waals surface area contributed by atoms with Crippen LogP contribution in [0, 0.1) is 5.92 Å². The second-order valence-corrected chi connectivity index (χ2v) is 7.98. The number of hydrogen-bond acceptors (Lipinski definition) is 3. The normalized spacial score (nSPS) is 16.6. The zero-order valence-corrected chi connectivity index (χ0v) is 16.3. The third kappa shape index (κ3) is 6.64. The summed E-state index contributed by atoms with van der Waals surface area (Å²) in [7, 11) is 0. The molecule has 0 aromatic heterocycles. The number of anilines is 1. The molecule has 0 unspecified atom stereocenters. The lowest BCUT2D eigenvalue weighted by Gasteiger charge is -2.33. The molecule has 0 bridgehead atoms. The van der Waals surface area contributed by atoms with Gasteiger partial charge in [-0.15, -0.1) is 0 Å². The minimum Gasteiger partial charge on any atom is -0.351 e. The van der Waals surface area contributed by atoms with E-state index in [0.29, 0.717) is 0 Å². The van der Waals surface area contributed by atoms with Gasteiger partial charge in [-0.1, -0.05) is 18.2 Å². The van der Waals surface area contributed by atoms with Gasteiger partial charge in [0.15, 0.2) is 0 Å². The van der Waals surface area contributed by atoms with E-state index in [1.165, 1.54) is 11.6 Å². The fraction of sp³-hybridized carbons (Fsp3) is 0.524. The minimum atomic E-state index is -0.175. The summed E-state index contributed by atoms with van der Waals surface area (Å²) in [6.45, 7) is 10.5. The Hall–Kier alpha value is -2.14. The third-order valence-electron chi connectivity index (χ3n) is 4.38. The van der Waals surface area contributed by atoms with Gasteiger partial charge in [0, 0.05) is 23.7 Å². The van der Waals surface area contributed by atoms with Gasteiger partial charge < -0.3 is 10.6 Å². The van der Waals surface area contributed by atoms with Crippen LogP contribution in [0.15, 0.2) is 36.4 Å². The average molecular weight is 357 g/mol. The van der Waals surface area contributed by atoms with Crippen LogP contribution in [0.25, 0.3) is 0 Å². The number of benzene rings is 1. The van der Waals surface area contributed by atoms with Gasteiger partial charge in [0.05, 0.1) is 0 Å². The van der Waals surface area contributed by atoms with Crippen molar-refractivity contribution < 1.29 is 9.59 Å². The van der Waals surface area contributed by atoms with Gasteiger partial charge in [0.25, 0.3) is 0 Å². The highest BCUT2D eigenvalue weighted by atomic mass is 16.2. The number of rotatable bonds is 5. The van der Waals surface area contributed by atoms with Crippen molar-refractivity contribution in [2.45, 2.75) is 52.6 Å². The molecule has 1 aromatic carbocycles. The monoisotopic (exact) mass is 357 g/mol. The van der Waals surface area contributed by atoms with Gasteiger partial charge in [-0.3, -0.25) is 14.5 Å². The van der Waals surface area contributed by atoms with Crippen LogP contribution in [0.3, 0.4) is 0 Å². The molecule has 0 atom stereocenters. The summed E-state index contributed by atoms with van der Waals surface area (Å²) in [4.78, 5) is 26.3. The van der Waals surface area contributed by atoms with Crippen LogP contribution < -0.4 is 10.6 Å². The molecule has 2 rings (SSSR count). The number of amides is 2. The molecule has 1 saturated heterocycles. The second-order valence-electron chi connectivity index (χ2n) is 7.98. The summed E-state index contributed by atoms with van der Waals surface area (Å²) in [5, 5.41) is 5.95. The van der Waals surface area contributed by atoms with E-state index in [9.17, 15) is 9.59 Å². The van der Waals surface area contributed by atoms with Crippen molar-refractivity contribution in [3.05, 3.63) is 42.0 Å². The molecule has 1 heterocycles. The minimum absolute atomic E-state index is 0.108. The number of allylic oxidation sites excluding steroid dienone is 1. The number of hydrogen-bond donors (Lipinski definition) is 2. The van der Waals surface area contributed by atoms with Gasteiger partial charge in [-0.25, -0.2) is 0 Å². The Bertz CT molecular complexity index is 653. The lowest BCUT2D eigenvalue weighted by Crippen LogP contribution is -2.46. The first kappa shape index (κ1) is 20.2. The van der Waals surface area contributed by atoms with Crippen LogP contribution in [0.4, 0.5) is 5.69 Å². The van der Waals surface area contributed by atoms with Gasteiger partial charge in [-0.2, -0.15) is 0 Å². The molecule has 26 heavy (non-hydrogen) atoms. The van der Waals surface area contributed by atoms with Crippen LogP contribution in [-0.2, 0) is 16.1 Å². The SMILES string of the molecule is C/C=C/C(=O)Nc1cccc(CN2CCC(C(=O)NC(C)(C)C)CC2)c1. The van der Waals surface area contributed by atoms with E-state index in [-0.39, 0.29) is 23.3 Å². The maximum atomic E-state index is 12.3. The van der Waals surface area contributed by atoms with Gasteiger partial charge >= 0.3 is 0 Å². The Morgan fingerprint density at radius 1 is 1.23 bits per heavy atom. The van der Waals surface area contributed by atoms with Crippen molar-refractivity contribution in [1.29, 1.82) is 0 Å². The zero-order valence-electron chi connectivity index (χ0n) is 16.3. The zero-order chi connectivity index (χ0) is 19.2. The Kier molecular flexibility index (Phi) is 6.98. The predicted octanol–water partition coefficient (Wildman–Crippen LogP) is 3.33. The maximum absolute atomic E-state index is 12.3. The van der Waals surface area contributed by atoms with Crippen LogP contribution in [0.5, 0.6) is 0 Å². The van der Waals surface area contributed by atoms with E-state index in [4.69, 9.17) is 0 Å². The predicted molar refractivity (Wildman–Crippen MR) is 106 cm³/mol. The standard InChI is InChI=1S/C21H31N3O2/c1-5-7-19(25)22-18-9-6-8-16(14-18)15-24-12-10-17(11-13-24)20(26)23-21(2,3)4/h5-9,14,17H,10-13,15H2,1-4H3,(H,22,25)(H,23,26)/b7-5+. The van der Waals surface area contributed by atoms with Crippen LogP contribution >= 0.6 is 0 Å². The molecule has 2 N–H and O–H groups in total. The molecular weight excluding hydrogens is 326 g/mol. The van der Waals surface area contributed by atoms with Crippen molar-refractivity contribution in [2.75, 3.05) is 18.4 Å². The van der Waals surface area contributed by atoms with Crippen LogP contribution in [-0.4, -0.2) is 35.3 Å². The van der Waals surface area contributed by atoms with Crippen molar-refractivity contribution in [1.82, 2.24) is 10.2 Å². The molecule has 5 heteroatoms. The summed E-state index contributed by atoms with van der Waals surface area (Å²) in [6.07, 6.45) is 5.01. The first-order valence-electron chi connectivity index (χ1n) is 9.34. The Morgan fingerprint density at radius 3 is 2.54 bits per heavy atom. The summed E-state index contributed by atoms with van der Waals surface area (Å²) in [6, 6.07) is 7.95. The van der Waals surface area contributed by atoms with E-state index in [1.54, 1.807) is 6.08 Å². The first-order chi connectivity index (χ1) is 12.3. The highest BCUT2D eigenvalue weighted by molar-refractivity contribution is 5.99. The molecule has 1 aliphatic heterocycles. The lowest BCUT2D eigenvalue weighted by atomic mass is 9.94. The number of likely N-dealkylation sites (tertiary alicyclic amines) is 1. The molecule has 0 saturated carbocycles. The van der Waals surface area contributed by atoms with Gasteiger partial charge in [0.2, 0.25) is 11.8 Å². The van der Waals surface area contributed by atoms with Crippen molar-refractivity contribution >= 4 is 17.5 Å². The molecule has 142 valence electrons. The number of carbonyl (C=O) groups is 2. The number of carbonyl (C=O) groups excluding carboxylic acids is 2. The topological polar surface area (TPSA) is 61.4 Å². The van der Waals surface area contributed by atoms with Crippen LogP contribution in [0.1, 0.15) is 46.1 Å². The maximum Gasteiger partial charge on any atom is 0.248 e. The molecule has 0 spiro atoms. The Balaban J connectivity index is 1.86. The van der Waals surface area contributed by atoms with Crippen molar-refractivity contribution in [2.24, 2.45) is 5.92 Å². The summed E-state index contributed by atoms with van der Waals surface area (Å²) in [5.41, 5.74) is 1.80. The van der Waals surface area contributed by atoms with E-state index in [1.807, 2.05) is 45.9 Å². The van der Waals surface area contributed by atoms with E-state index in [2.05, 4.69) is 21.6 Å². The van der Waals surface area contributed by atoms with Gasteiger partial charge in [0.1, 0.15) is 0 Å². The smallest absolute Gasteiger partial charge is 0.248 e. The fourth-order valence-corrected chi connectivity index (χ4v) is 3.17.